The number of nitriles is 2. The van der Waals surface area contributed by atoms with Gasteiger partial charge in [0.1, 0.15) is 6.07 Å². The summed E-state index contributed by atoms with van der Waals surface area (Å²) >= 11 is 0. The van der Waals surface area contributed by atoms with Gasteiger partial charge in [-0.25, -0.2) is 4.79 Å². The first-order valence-electron chi connectivity index (χ1n) is 4.28. The molecule has 0 aliphatic carbocycles. The summed E-state index contributed by atoms with van der Waals surface area (Å²) in [6, 6.07) is 9.76. The molecule has 0 heterocycles. The standard InChI is InChI=1S/C11H8N2O2/c1-8(6-12)15-11(14)10-4-2-9(7-13)3-5-10/h2-5,8H,1H3. The largest absolute Gasteiger partial charge is 0.444 e. The molecule has 1 rings (SSSR count). The van der Waals surface area contributed by atoms with E-state index in [1.54, 1.807) is 6.07 Å². The topological polar surface area (TPSA) is 73.9 Å². The van der Waals surface area contributed by atoms with Crippen LogP contribution in [0.4, 0.5) is 0 Å². The van der Waals surface area contributed by atoms with Crippen molar-refractivity contribution in [2.75, 3.05) is 0 Å². The summed E-state index contributed by atoms with van der Waals surface area (Å²) in [6.07, 6.45) is -0.770. The van der Waals surface area contributed by atoms with E-state index >= 15 is 0 Å². The Morgan fingerprint density at radius 2 is 1.93 bits per heavy atom. The number of hydrogen-bond acceptors (Lipinski definition) is 4. The molecule has 15 heavy (non-hydrogen) atoms. The Bertz CT molecular complexity index is 437. The van der Waals surface area contributed by atoms with Gasteiger partial charge in [0.15, 0.2) is 6.10 Å². The number of esters is 1. The summed E-state index contributed by atoms with van der Waals surface area (Å²) < 4.78 is 4.78. The number of carbonyl (C=O) groups is 1. The third kappa shape index (κ3) is 2.82. The van der Waals surface area contributed by atoms with Gasteiger partial charge < -0.3 is 4.74 Å². The van der Waals surface area contributed by atoms with Crippen LogP contribution in [0, 0.1) is 22.7 Å². The predicted molar refractivity (Wildman–Crippen MR) is 51.6 cm³/mol. The Morgan fingerprint density at radius 1 is 1.33 bits per heavy atom. The molecule has 1 aromatic rings. The van der Waals surface area contributed by atoms with E-state index in [4.69, 9.17) is 15.3 Å². The highest BCUT2D eigenvalue weighted by Crippen LogP contribution is 2.06. The Kier molecular flexibility index (Phi) is 3.43. The number of carbonyl (C=O) groups excluding carboxylic acids is 1. The number of ether oxygens (including phenoxy) is 1. The second kappa shape index (κ2) is 4.78. The second-order valence-electron chi connectivity index (χ2n) is 2.87. The molecule has 0 bridgehead atoms. The van der Waals surface area contributed by atoms with Gasteiger partial charge in [-0.05, 0) is 31.2 Å². The van der Waals surface area contributed by atoms with Crippen molar-refractivity contribution >= 4 is 5.97 Å². The molecule has 0 saturated heterocycles. The molecule has 0 radical (unpaired) electrons. The van der Waals surface area contributed by atoms with Gasteiger partial charge in [0.05, 0.1) is 17.2 Å². The fourth-order valence-electron chi connectivity index (χ4n) is 0.936. The molecular weight excluding hydrogens is 192 g/mol. The fourth-order valence-corrected chi connectivity index (χ4v) is 0.936. The molecule has 4 heteroatoms. The highest BCUT2D eigenvalue weighted by atomic mass is 16.5. The molecule has 74 valence electrons. The average molecular weight is 200 g/mol. The molecule has 1 atom stereocenters. The Labute approximate surface area is 87.3 Å². The Balaban J connectivity index is 2.76. The van der Waals surface area contributed by atoms with Gasteiger partial charge in [-0.15, -0.1) is 0 Å². The van der Waals surface area contributed by atoms with Crippen molar-refractivity contribution in [1.82, 2.24) is 0 Å². The summed E-state index contributed by atoms with van der Waals surface area (Å²) in [4.78, 5) is 11.4. The van der Waals surface area contributed by atoms with Crippen LogP contribution in [0.2, 0.25) is 0 Å². The highest BCUT2D eigenvalue weighted by molar-refractivity contribution is 5.89. The third-order valence-corrected chi connectivity index (χ3v) is 1.72. The van der Waals surface area contributed by atoms with Gasteiger partial charge in [0.25, 0.3) is 0 Å². The van der Waals surface area contributed by atoms with E-state index in [-0.39, 0.29) is 0 Å². The van der Waals surface area contributed by atoms with Crippen LogP contribution in [0.25, 0.3) is 0 Å². The molecular formula is C11H8N2O2. The molecule has 0 saturated carbocycles. The average Bonchev–Trinajstić information content (AvgIpc) is 2.29. The zero-order valence-electron chi connectivity index (χ0n) is 8.10. The summed E-state index contributed by atoms with van der Waals surface area (Å²) in [5.41, 5.74) is 0.802. The van der Waals surface area contributed by atoms with Crippen molar-refractivity contribution < 1.29 is 9.53 Å². The first kappa shape index (κ1) is 10.7. The SMILES string of the molecule is CC(C#N)OC(=O)c1ccc(C#N)cc1. The van der Waals surface area contributed by atoms with Crippen molar-refractivity contribution in [3.05, 3.63) is 35.4 Å². The van der Waals surface area contributed by atoms with Gasteiger partial charge in [0, 0.05) is 0 Å². The van der Waals surface area contributed by atoms with Crippen LogP contribution in [0.1, 0.15) is 22.8 Å². The number of benzene rings is 1. The van der Waals surface area contributed by atoms with Crippen molar-refractivity contribution in [3.8, 4) is 12.1 Å². The van der Waals surface area contributed by atoms with Crippen LogP contribution in [-0.2, 0) is 4.74 Å². The second-order valence-corrected chi connectivity index (χ2v) is 2.87. The maximum atomic E-state index is 11.4. The van der Waals surface area contributed by atoms with Crippen LogP contribution >= 0.6 is 0 Å². The summed E-state index contributed by atoms with van der Waals surface area (Å²) in [7, 11) is 0. The molecule has 1 aromatic carbocycles. The lowest BCUT2D eigenvalue weighted by Gasteiger charge is -2.05. The van der Waals surface area contributed by atoms with Crippen LogP contribution < -0.4 is 0 Å². The lowest BCUT2D eigenvalue weighted by Crippen LogP contribution is -2.12. The molecule has 0 amide bonds. The van der Waals surface area contributed by atoms with Crippen LogP contribution in [0.5, 0.6) is 0 Å². The number of hydrogen-bond donors (Lipinski definition) is 0. The van der Waals surface area contributed by atoms with E-state index in [0.717, 1.165) is 0 Å². The van der Waals surface area contributed by atoms with Crippen molar-refractivity contribution in [1.29, 1.82) is 10.5 Å². The van der Waals surface area contributed by atoms with Gasteiger partial charge in [-0.2, -0.15) is 10.5 Å². The van der Waals surface area contributed by atoms with Gasteiger partial charge >= 0.3 is 5.97 Å². The van der Waals surface area contributed by atoms with Crippen LogP contribution in [-0.4, -0.2) is 12.1 Å². The van der Waals surface area contributed by atoms with E-state index in [9.17, 15) is 4.79 Å². The van der Waals surface area contributed by atoms with E-state index in [1.165, 1.54) is 31.2 Å². The zero-order valence-corrected chi connectivity index (χ0v) is 8.10. The number of rotatable bonds is 2. The highest BCUT2D eigenvalue weighted by Gasteiger charge is 2.10. The fraction of sp³-hybridized carbons (Fsp3) is 0.182. The van der Waals surface area contributed by atoms with Crippen LogP contribution in [0.3, 0.4) is 0 Å². The molecule has 0 aromatic heterocycles. The molecule has 4 nitrogen and oxygen atoms in total. The maximum absolute atomic E-state index is 11.4. The zero-order chi connectivity index (χ0) is 11.3. The minimum Gasteiger partial charge on any atom is -0.444 e. The van der Waals surface area contributed by atoms with E-state index in [0.29, 0.717) is 11.1 Å². The number of nitrogens with zero attached hydrogens (tertiary/aromatic N) is 2. The van der Waals surface area contributed by atoms with Gasteiger partial charge in [0.2, 0.25) is 0 Å². The lowest BCUT2D eigenvalue weighted by molar-refractivity contribution is 0.0435. The summed E-state index contributed by atoms with van der Waals surface area (Å²) in [5, 5.41) is 17.0. The molecule has 0 N–H and O–H groups in total. The van der Waals surface area contributed by atoms with Gasteiger partial charge in [-0.1, -0.05) is 0 Å². The van der Waals surface area contributed by atoms with Crippen LogP contribution in [0.15, 0.2) is 24.3 Å². The smallest absolute Gasteiger partial charge is 0.339 e. The maximum Gasteiger partial charge on any atom is 0.339 e. The minimum atomic E-state index is -0.770. The van der Waals surface area contributed by atoms with Crippen molar-refractivity contribution in [3.63, 3.8) is 0 Å². The molecule has 0 aliphatic heterocycles. The minimum absolute atomic E-state index is 0.330. The Hall–Kier alpha value is -2.33. The van der Waals surface area contributed by atoms with Crippen molar-refractivity contribution in [2.45, 2.75) is 13.0 Å². The van der Waals surface area contributed by atoms with Gasteiger partial charge in [-0.3, -0.25) is 0 Å². The quantitative estimate of drug-likeness (QED) is 0.680. The van der Waals surface area contributed by atoms with Crippen molar-refractivity contribution in [2.24, 2.45) is 0 Å². The predicted octanol–water partition coefficient (Wildman–Crippen LogP) is 1.63. The molecule has 0 spiro atoms. The molecule has 0 aliphatic rings. The first-order valence-corrected chi connectivity index (χ1v) is 4.28. The normalized spacial score (nSPS) is 10.9. The van der Waals surface area contributed by atoms with E-state index in [2.05, 4.69) is 0 Å². The van der Waals surface area contributed by atoms with E-state index < -0.39 is 12.1 Å². The third-order valence-electron chi connectivity index (χ3n) is 1.72. The molecule has 1 unspecified atom stereocenters. The first-order chi connectivity index (χ1) is 7.17. The summed E-state index contributed by atoms with van der Waals surface area (Å²) in [6.45, 7) is 1.49. The van der Waals surface area contributed by atoms with E-state index in [1.807, 2.05) is 6.07 Å². The summed E-state index contributed by atoms with van der Waals surface area (Å²) in [5.74, 6) is -0.562. The lowest BCUT2D eigenvalue weighted by atomic mass is 10.1. The molecule has 0 fully saturated rings. The Morgan fingerprint density at radius 3 is 2.40 bits per heavy atom. The monoisotopic (exact) mass is 200 g/mol.